The molecule has 1 fully saturated rings. The van der Waals surface area contributed by atoms with Crippen LogP contribution in [0.3, 0.4) is 0 Å². The maximum absolute atomic E-state index is 12.2. The molecule has 2 rings (SSSR count). The summed E-state index contributed by atoms with van der Waals surface area (Å²) < 4.78 is 5.46. The maximum Gasteiger partial charge on any atom is 0.159 e. The molecule has 2 atom stereocenters. The van der Waals surface area contributed by atoms with Gasteiger partial charge in [-0.3, -0.25) is 4.79 Å². The molecule has 4 nitrogen and oxygen atoms in total. The second-order valence-corrected chi connectivity index (χ2v) is 6.01. The van der Waals surface area contributed by atoms with Crippen molar-refractivity contribution in [1.29, 1.82) is 5.26 Å². The smallest absolute Gasteiger partial charge is 0.159 e. The number of thiazole rings is 1. The lowest BCUT2D eigenvalue weighted by Gasteiger charge is -2.10. The van der Waals surface area contributed by atoms with E-state index in [0.717, 1.165) is 36.4 Å². The third-order valence-corrected chi connectivity index (χ3v) is 4.47. The fraction of sp³-hybridized carbons (Fsp3) is 0.643. The highest BCUT2D eigenvalue weighted by Gasteiger charge is 2.28. The quantitative estimate of drug-likeness (QED) is 0.830. The maximum atomic E-state index is 12.2. The van der Waals surface area contributed by atoms with Crippen LogP contribution in [0.2, 0.25) is 0 Å². The number of carbonyl (C=O) groups excluding carboxylic acids is 1. The number of ketones is 1. The van der Waals surface area contributed by atoms with Crippen LogP contribution in [-0.2, 0) is 16.0 Å². The lowest BCUT2D eigenvalue weighted by molar-refractivity contribution is -0.121. The predicted octanol–water partition coefficient (Wildman–Crippen LogP) is 2.76. The number of rotatable bonds is 5. The van der Waals surface area contributed by atoms with E-state index < -0.39 is 5.92 Å². The molecule has 0 amide bonds. The fourth-order valence-electron chi connectivity index (χ4n) is 2.31. The summed E-state index contributed by atoms with van der Waals surface area (Å²) in [7, 11) is 0. The Hall–Kier alpha value is -1.25. The van der Waals surface area contributed by atoms with Gasteiger partial charge in [0.15, 0.2) is 11.7 Å². The minimum Gasteiger partial charge on any atom is -0.378 e. The summed E-state index contributed by atoms with van der Waals surface area (Å²) >= 11 is 1.46. The van der Waals surface area contributed by atoms with Gasteiger partial charge in [0.1, 0.15) is 5.01 Å². The van der Waals surface area contributed by atoms with Gasteiger partial charge >= 0.3 is 0 Å². The van der Waals surface area contributed by atoms with Gasteiger partial charge in [0.2, 0.25) is 0 Å². The number of ether oxygens (including phenoxy) is 1. The van der Waals surface area contributed by atoms with Crippen molar-refractivity contribution >= 4 is 17.1 Å². The normalized spacial score (nSPS) is 20.2. The molecule has 0 radical (unpaired) electrons. The predicted molar refractivity (Wildman–Crippen MR) is 73.2 cm³/mol. The average Bonchev–Trinajstić information content (AvgIpc) is 3.00. The van der Waals surface area contributed by atoms with Gasteiger partial charge < -0.3 is 4.74 Å². The first-order valence-electron chi connectivity index (χ1n) is 6.65. The lowest BCUT2D eigenvalue weighted by atomic mass is 10.00. The number of hydrogen-bond acceptors (Lipinski definition) is 5. The van der Waals surface area contributed by atoms with Crippen molar-refractivity contribution in [2.75, 3.05) is 6.61 Å². The van der Waals surface area contributed by atoms with Crippen LogP contribution in [0.4, 0.5) is 0 Å². The summed E-state index contributed by atoms with van der Waals surface area (Å²) in [4.78, 5) is 17.7. The van der Waals surface area contributed by atoms with Crippen LogP contribution in [0.5, 0.6) is 0 Å². The van der Waals surface area contributed by atoms with E-state index in [1.54, 1.807) is 0 Å². The first-order valence-corrected chi connectivity index (χ1v) is 7.47. The molecule has 1 saturated heterocycles. The zero-order chi connectivity index (χ0) is 13.8. The molecular formula is C14H18N2O2S. The van der Waals surface area contributed by atoms with Crippen LogP contribution < -0.4 is 0 Å². The van der Waals surface area contributed by atoms with Crippen LogP contribution in [0.25, 0.3) is 0 Å². The van der Waals surface area contributed by atoms with E-state index in [4.69, 9.17) is 4.74 Å². The Kier molecular flexibility index (Phi) is 4.67. The number of Topliss-reactive ketones (excluding diaryl/α,β-unsaturated/α-hetero) is 1. The highest BCUT2D eigenvalue weighted by atomic mass is 32.1. The molecule has 0 spiro atoms. The van der Waals surface area contributed by atoms with E-state index in [0.29, 0.717) is 11.4 Å². The standard InChI is InChI=1S/C14H18N2O2S/c1-3-12-9(2)19-14(16-12)11(8-15)13(17)7-10-5-4-6-18-10/h10-11H,3-7H2,1-2H3. The summed E-state index contributed by atoms with van der Waals surface area (Å²) in [6.07, 6.45) is 3.08. The Morgan fingerprint density at radius 2 is 2.47 bits per heavy atom. The third kappa shape index (κ3) is 3.20. The van der Waals surface area contributed by atoms with E-state index in [-0.39, 0.29) is 11.9 Å². The monoisotopic (exact) mass is 278 g/mol. The van der Waals surface area contributed by atoms with Gasteiger partial charge in [-0.1, -0.05) is 6.92 Å². The average molecular weight is 278 g/mol. The molecule has 0 aliphatic carbocycles. The highest BCUT2D eigenvalue weighted by molar-refractivity contribution is 7.11. The van der Waals surface area contributed by atoms with Gasteiger partial charge in [0.25, 0.3) is 0 Å². The van der Waals surface area contributed by atoms with Gasteiger partial charge in [-0.15, -0.1) is 11.3 Å². The van der Waals surface area contributed by atoms with E-state index in [2.05, 4.69) is 11.1 Å². The van der Waals surface area contributed by atoms with Crippen LogP contribution in [0, 0.1) is 18.3 Å². The van der Waals surface area contributed by atoms with Crippen LogP contribution >= 0.6 is 11.3 Å². The molecule has 0 N–H and O–H groups in total. The first-order chi connectivity index (χ1) is 9.15. The SMILES string of the molecule is CCc1nc(C(C#N)C(=O)CC2CCCO2)sc1C. The van der Waals surface area contributed by atoms with Crippen molar-refractivity contribution in [2.45, 2.75) is 51.6 Å². The van der Waals surface area contributed by atoms with Crippen molar-refractivity contribution in [1.82, 2.24) is 4.98 Å². The van der Waals surface area contributed by atoms with E-state index in [9.17, 15) is 10.1 Å². The van der Waals surface area contributed by atoms with Crippen LogP contribution in [-0.4, -0.2) is 23.5 Å². The Morgan fingerprint density at radius 1 is 1.68 bits per heavy atom. The Labute approximate surface area is 117 Å². The van der Waals surface area contributed by atoms with E-state index >= 15 is 0 Å². The first kappa shape index (κ1) is 14.2. The molecule has 102 valence electrons. The Balaban J connectivity index is 2.09. The van der Waals surface area contributed by atoms with Gasteiger partial charge in [-0.25, -0.2) is 4.98 Å². The van der Waals surface area contributed by atoms with Gasteiger partial charge in [-0.05, 0) is 26.2 Å². The zero-order valence-corrected chi connectivity index (χ0v) is 12.1. The topological polar surface area (TPSA) is 63.0 Å². The van der Waals surface area contributed by atoms with Crippen molar-refractivity contribution in [2.24, 2.45) is 0 Å². The fourth-order valence-corrected chi connectivity index (χ4v) is 3.39. The van der Waals surface area contributed by atoms with Crippen molar-refractivity contribution < 1.29 is 9.53 Å². The summed E-state index contributed by atoms with van der Waals surface area (Å²) in [5.74, 6) is -0.793. The summed E-state index contributed by atoms with van der Waals surface area (Å²) in [6, 6.07) is 2.10. The summed E-state index contributed by atoms with van der Waals surface area (Å²) in [5, 5.41) is 9.89. The van der Waals surface area contributed by atoms with Crippen molar-refractivity contribution in [3.05, 3.63) is 15.6 Å². The number of carbonyl (C=O) groups is 1. The molecule has 0 aromatic carbocycles. The third-order valence-electron chi connectivity index (χ3n) is 3.39. The largest absolute Gasteiger partial charge is 0.378 e. The van der Waals surface area contributed by atoms with Gasteiger partial charge in [0.05, 0.1) is 17.9 Å². The highest BCUT2D eigenvalue weighted by Crippen LogP contribution is 2.28. The number of hydrogen-bond donors (Lipinski definition) is 0. The summed E-state index contributed by atoms with van der Waals surface area (Å²) in [5.41, 5.74) is 0.991. The molecular weight excluding hydrogens is 260 g/mol. The van der Waals surface area contributed by atoms with Crippen molar-refractivity contribution in [3.8, 4) is 6.07 Å². The number of nitriles is 1. The molecule has 1 aromatic rings. The van der Waals surface area contributed by atoms with Crippen LogP contribution in [0.1, 0.15) is 47.7 Å². The van der Waals surface area contributed by atoms with Crippen molar-refractivity contribution in [3.63, 3.8) is 0 Å². The number of aryl methyl sites for hydroxylation is 2. The molecule has 19 heavy (non-hydrogen) atoms. The molecule has 5 heteroatoms. The zero-order valence-electron chi connectivity index (χ0n) is 11.3. The van der Waals surface area contributed by atoms with Crippen LogP contribution in [0.15, 0.2) is 0 Å². The molecule has 1 aliphatic rings. The van der Waals surface area contributed by atoms with Gasteiger partial charge in [0, 0.05) is 17.9 Å². The second-order valence-electron chi connectivity index (χ2n) is 4.78. The number of nitrogens with zero attached hydrogens (tertiary/aromatic N) is 2. The molecule has 1 aromatic heterocycles. The molecule has 1 aliphatic heterocycles. The molecule has 2 unspecified atom stereocenters. The molecule has 0 bridgehead atoms. The lowest BCUT2D eigenvalue weighted by Crippen LogP contribution is -2.18. The molecule has 2 heterocycles. The van der Waals surface area contributed by atoms with E-state index in [1.165, 1.54) is 11.3 Å². The number of aromatic nitrogens is 1. The Morgan fingerprint density at radius 3 is 3.00 bits per heavy atom. The van der Waals surface area contributed by atoms with E-state index in [1.807, 2.05) is 13.8 Å². The molecule has 0 saturated carbocycles. The Bertz CT molecular complexity index is 498. The minimum atomic E-state index is -0.729. The van der Waals surface area contributed by atoms with Gasteiger partial charge in [-0.2, -0.15) is 5.26 Å². The summed E-state index contributed by atoms with van der Waals surface area (Å²) in [6.45, 7) is 4.74. The minimum absolute atomic E-state index is 0.00458. The second kappa shape index (κ2) is 6.27.